The number of hydrogen-bond donors (Lipinski definition) is 1. The lowest BCUT2D eigenvalue weighted by molar-refractivity contribution is 0.549. The second-order valence-electron chi connectivity index (χ2n) is 4.27. The Kier molecular flexibility index (Phi) is 3.67. The fourth-order valence-corrected chi connectivity index (χ4v) is 1.89. The molecule has 0 aliphatic rings. The van der Waals surface area contributed by atoms with E-state index in [-0.39, 0.29) is 5.92 Å². The Morgan fingerprint density at radius 1 is 1.11 bits per heavy atom. The zero-order valence-corrected chi connectivity index (χ0v) is 9.98. The van der Waals surface area contributed by atoms with Crippen LogP contribution in [-0.4, -0.2) is 4.98 Å². The molecule has 0 aliphatic heterocycles. The van der Waals surface area contributed by atoms with Crippen molar-refractivity contribution in [1.82, 2.24) is 4.98 Å². The minimum Gasteiger partial charge on any atom is -0.323 e. The van der Waals surface area contributed by atoms with E-state index in [9.17, 15) is 8.78 Å². The third kappa shape index (κ3) is 2.71. The third-order valence-corrected chi connectivity index (χ3v) is 2.96. The first-order valence-electron chi connectivity index (χ1n) is 5.70. The lowest BCUT2D eigenvalue weighted by atomic mass is 9.92. The number of hydrogen-bond acceptors (Lipinski definition) is 2. The molecule has 94 valence electrons. The number of rotatable bonds is 3. The van der Waals surface area contributed by atoms with Crippen LogP contribution < -0.4 is 5.73 Å². The number of aromatic nitrogens is 1. The van der Waals surface area contributed by atoms with Gasteiger partial charge in [0, 0.05) is 29.9 Å². The zero-order chi connectivity index (χ0) is 13.1. The average molecular weight is 248 g/mol. The van der Waals surface area contributed by atoms with Crippen molar-refractivity contribution in [2.45, 2.75) is 18.9 Å². The first-order chi connectivity index (χ1) is 8.58. The van der Waals surface area contributed by atoms with Crippen molar-refractivity contribution in [3.8, 4) is 0 Å². The second-order valence-corrected chi connectivity index (χ2v) is 4.27. The van der Waals surface area contributed by atoms with Gasteiger partial charge >= 0.3 is 0 Å². The molecule has 1 aromatic heterocycles. The van der Waals surface area contributed by atoms with Gasteiger partial charge in [0.1, 0.15) is 11.6 Å². The summed E-state index contributed by atoms with van der Waals surface area (Å²) in [5, 5.41) is 0. The van der Waals surface area contributed by atoms with Crippen LogP contribution in [0.4, 0.5) is 8.78 Å². The van der Waals surface area contributed by atoms with E-state index < -0.39 is 17.7 Å². The van der Waals surface area contributed by atoms with E-state index in [1.807, 2.05) is 25.1 Å². The van der Waals surface area contributed by atoms with E-state index in [0.29, 0.717) is 5.56 Å². The first kappa shape index (κ1) is 12.6. The zero-order valence-electron chi connectivity index (χ0n) is 9.98. The average Bonchev–Trinajstić information content (AvgIpc) is 2.37. The predicted molar refractivity (Wildman–Crippen MR) is 65.9 cm³/mol. The number of nitrogens with zero attached hydrogens (tertiary/aromatic N) is 1. The van der Waals surface area contributed by atoms with Gasteiger partial charge in [-0.3, -0.25) is 4.98 Å². The number of benzene rings is 1. The van der Waals surface area contributed by atoms with Gasteiger partial charge in [-0.2, -0.15) is 0 Å². The molecule has 0 saturated heterocycles. The van der Waals surface area contributed by atoms with Crippen molar-refractivity contribution in [3.63, 3.8) is 0 Å². The minimum absolute atomic E-state index is 0.118. The summed E-state index contributed by atoms with van der Waals surface area (Å²) in [6, 6.07) is 8.37. The molecule has 2 atom stereocenters. The van der Waals surface area contributed by atoms with Gasteiger partial charge < -0.3 is 5.73 Å². The molecular formula is C14H14F2N2. The van der Waals surface area contributed by atoms with Crippen LogP contribution in [0.15, 0.2) is 42.6 Å². The molecular weight excluding hydrogens is 234 g/mol. The van der Waals surface area contributed by atoms with E-state index in [0.717, 1.165) is 11.8 Å². The minimum atomic E-state index is -0.617. The molecule has 1 heterocycles. The van der Waals surface area contributed by atoms with Gasteiger partial charge in [-0.15, -0.1) is 0 Å². The summed E-state index contributed by atoms with van der Waals surface area (Å²) in [4.78, 5) is 4.20. The molecule has 0 bridgehead atoms. The second kappa shape index (κ2) is 5.23. The summed E-state index contributed by atoms with van der Waals surface area (Å²) in [5.41, 5.74) is 7.27. The SMILES string of the molecule is CC(c1ccccn1)C(N)c1cc(F)cc(F)c1. The molecule has 1 aromatic carbocycles. The number of pyridine rings is 1. The molecule has 2 nitrogen and oxygen atoms in total. The van der Waals surface area contributed by atoms with Crippen molar-refractivity contribution in [2.75, 3.05) is 0 Å². The highest BCUT2D eigenvalue weighted by Crippen LogP contribution is 2.27. The Labute approximate surface area is 104 Å². The molecule has 0 fully saturated rings. The molecule has 0 spiro atoms. The Balaban J connectivity index is 2.28. The van der Waals surface area contributed by atoms with Crippen LogP contribution in [0.3, 0.4) is 0 Å². The number of halogens is 2. The van der Waals surface area contributed by atoms with Crippen molar-refractivity contribution >= 4 is 0 Å². The highest BCUT2D eigenvalue weighted by Gasteiger charge is 2.19. The molecule has 0 saturated carbocycles. The smallest absolute Gasteiger partial charge is 0.126 e. The Bertz CT molecular complexity index is 508. The van der Waals surface area contributed by atoms with Gasteiger partial charge in [0.25, 0.3) is 0 Å². The highest BCUT2D eigenvalue weighted by molar-refractivity contribution is 5.25. The van der Waals surface area contributed by atoms with Crippen molar-refractivity contribution in [2.24, 2.45) is 5.73 Å². The molecule has 0 amide bonds. The standard InChI is InChI=1S/C14H14F2N2/c1-9(13-4-2-3-5-18-13)14(17)10-6-11(15)8-12(16)7-10/h2-9,14H,17H2,1H3. The van der Waals surface area contributed by atoms with Gasteiger partial charge in [-0.05, 0) is 29.8 Å². The van der Waals surface area contributed by atoms with Gasteiger partial charge in [-0.25, -0.2) is 8.78 Å². The largest absolute Gasteiger partial charge is 0.323 e. The maximum Gasteiger partial charge on any atom is 0.126 e. The molecule has 2 N–H and O–H groups in total. The van der Waals surface area contributed by atoms with Crippen molar-refractivity contribution < 1.29 is 8.78 Å². The molecule has 2 aromatic rings. The van der Waals surface area contributed by atoms with Gasteiger partial charge in [-0.1, -0.05) is 13.0 Å². The molecule has 2 unspecified atom stereocenters. The predicted octanol–water partition coefficient (Wildman–Crippen LogP) is 3.16. The monoisotopic (exact) mass is 248 g/mol. The first-order valence-corrected chi connectivity index (χ1v) is 5.70. The fraction of sp³-hybridized carbons (Fsp3) is 0.214. The van der Waals surface area contributed by atoms with Crippen LogP contribution in [0, 0.1) is 11.6 Å². The van der Waals surface area contributed by atoms with Gasteiger partial charge in [0.15, 0.2) is 0 Å². The van der Waals surface area contributed by atoms with Crippen LogP contribution in [0.2, 0.25) is 0 Å². The van der Waals surface area contributed by atoms with E-state index in [4.69, 9.17) is 5.73 Å². The third-order valence-electron chi connectivity index (χ3n) is 2.96. The van der Waals surface area contributed by atoms with Crippen LogP contribution in [0.1, 0.15) is 30.1 Å². The summed E-state index contributed by atoms with van der Waals surface area (Å²) in [6.45, 7) is 1.88. The lowest BCUT2D eigenvalue weighted by Gasteiger charge is -2.20. The normalized spacial score (nSPS) is 14.2. The van der Waals surface area contributed by atoms with Crippen LogP contribution in [0.25, 0.3) is 0 Å². The quantitative estimate of drug-likeness (QED) is 0.906. The fourth-order valence-electron chi connectivity index (χ4n) is 1.89. The van der Waals surface area contributed by atoms with Crippen LogP contribution >= 0.6 is 0 Å². The summed E-state index contributed by atoms with van der Waals surface area (Å²) >= 11 is 0. The van der Waals surface area contributed by atoms with Crippen LogP contribution in [-0.2, 0) is 0 Å². The molecule has 0 radical (unpaired) electrons. The van der Waals surface area contributed by atoms with E-state index >= 15 is 0 Å². The molecule has 2 rings (SSSR count). The van der Waals surface area contributed by atoms with Crippen LogP contribution in [0.5, 0.6) is 0 Å². The molecule has 4 heteroatoms. The summed E-state index contributed by atoms with van der Waals surface area (Å²) in [7, 11) is 0. The molecule has 0 aliphatic carbocycles. The van der Waals surface area contributed by atoms with Crippen molar-refractivity contribution in [1.29, 1.82) is 0 Å². The summed E-state index contributed by atoms with van der Waals surface area (Å²) < 4.78 is 26.3. The Hall–Kier alpha value is -1.81. The van der Waals surface area contributed by atoms with E-state index in [1.54, 1.807) is 6.20 Å². The topological polar surface area (TPSA) is 38.9 Å². The number of nitrogens with two attached hydrogens (primary N) is 1. The van der Waals surface area contributed by atoms with E-state index in [2.05, 4.69) is 4.98 Å². The lowest BCUT2D eigenvalue weighted by Crippen LogP contribution is -2.18. The van der Waals surface area contributed by atoms with E-state index in [1.165, 1.54) is 12.1 Å². The maximum atomic E-state index is 13.1. The maximum absolute atomic E-state index is 13.1. The van der Waals surface area contributed by atoms with Gasteiger partial charge in [0.2, 0.25) is 0 Å². The Morgan fingerprint density at radius 2 is 1.78 bits per heavy atom. The Morgan fingerprint density at radius 3 is 2.33 bits per heavy atom. The van der Waals surface area contributed by atoms with Gasteiger partial charge in [0.05, 0.1) is 0 Å². The molecule has 18 heavy (non-hydrogen) atoms. The summed E-state index contributed by atoms with van der Waals surface area (Å²) in [5.74, 6) is -1.35. The van der Waals surface area contributed by atoms with Crippen molar-refractivity contribution in [3.05, 3.63) is 65.5 Å². The highest BCUT2D eigenvalue weighted by atomic mass is 19.1. The summed E-state index contributed by atoms with van der Waals surface area (Å²) in [6.07, 6.45) is 1.67.